The molecule has 8 heteroatoms. The molecule has 3 aromatic rings. The number of hydrogen-bond acceptors (Lipinski definition) is 6. The van der Waals surface area contributed by atoms with Gasteiger partial charge in [0.15, 0.2) is 0 Å². The topological polar surface area (TPSA) is 101 Å². The molecule has 0 bridgehead atoms. The van der Waals surface area contributed by atoms with E-state index in [1.807, 2.05) is 0 Å². The van der Waals surface area contributed by atoms with Crippen molar-refractivity contribution in [3.63, 3.8) is 0 Å². The van der Waals surface area contributed by atoms with Crippen molar-refractivity contribution in [2.45, 2.75) is 48.6 Å². The van der Waals surface area contributed by atoms with Gasteiger partial charge >= 0.3 is 0 Å². The zero-order chi connectivity index (χ0) is 18.4. The molecule has 2 aliphatic rings. The van der Waals surface area contributed by atoms with Crippen LogP contribution >= 0.6 is 0 Å². The number of fused-ring (bicyclic) bond motifs is 2. The number of H-pyrrole nitrogens is 1. The lowest BCUT2D eigenvalue weighted by atomic mass is 9.99. The van der Waals surface area contributed by atoms with Crippen molar-refractivity contribution >= 4 is 21.5 Å². The standard InChI is InChI=1S/C19H19N5O2S/c25-27(26,14-6-3-9-20-11-14)19-22-18(23-24-19)21-17-15-7-1-4-12(15)10-13-5-2-8-16(13)17/h3,6,9-11H,1-2,4-5,7-8H2,(H2,21,22,23,24). The van der Waals surface area contributed by atoms with Gasteiger partial charge < -0.3 is 5.32 Å². The maximum atomic E-state index is 12.7. The predicted molar refractivity (Wildman–Crippen MR) is 99.8 cm³/mol. The minimum atomic E-state index is -3.77. The summed E-state index contributed by atoms with van der Waals surface area (Å²) in [6.07, 6.45) is 9.43. The van der Waals surface area contributed by atoms with E-state index >= 15 is 0 Å². The van der Waals surface area contributed by atoms with Crippen LogP contribution in [0.2, 0.25) is 0 Å². The Labute approximate surface area is 157 Å². The Bertz CT molecular complexity index is 1090. The lowest BCUT2D eigenvalue weighted by Crippen LogP contribution is -2.05. The average molecular weight is 381 g/mol. The number of anilines is 2. The lowest BCUT2D eigenvalue weighted by molar-refractivity contribution is 0.587. The van der Waals surface area contributed by atoms with Gasteiger partial charge in [0.1, 0.15) is 0 Å². The summed E-state index contributed by atoms with van der Waals surface area (Å²) in [6, 6.07) is 5.43. The molecule has 2 aromatic heterocycles. The van der Waals surface area contributed by atoms with Crippen LogP contribution in [0.25, 0.3) is 0 Å². The van der Waals surface area contributed by atoms with Crippen LogP contribution in [0.1, 0.15) is 35.1 Å². The molecule has 2 N–H and O–H groups in total. The van der Waals surface area contributed by atoms with Crippen molar-refractivity contribution in [1.82, 2.24) is 20.2 Å². The zero-order valence-corrected chi connectivity index (χ0v) is 15.5. The maximum Gasteiger partial charge on any atom is 0.249 e. The number of sulfone groups is 1. The molecule has 0 radical (unpaired) electrons. The van der Waals surface area contributed by atoms with Crippen molar-refractivity contribution in [1.29, 1.82) is 0 Å². The largest absolute Gasteiger partial charge is 0.322 e. The minimum Gasteiger partial charge on any atom is -0.322 e. The molecule has 0 saturated carbocycles. The quantitative estimate of drug-likeness (QED) is 0.721. The first kappa shape index (κ1) is 16.4. The molecule has 0 fully saturated rings. The Kier molecular flexibility index (Phi) is 3.75. The fourth-order valence-corrected chi connectivity index (χ4v) is 5.17. The summed E-state index contributed by atoms with van der Waals surface area (Å²) in [5.41, 5.74) is 6.55. The van der Waals surface area contributed by atoms with E-state index in [-0.39, 0.29) is 16.0 Å². The second-order valence-electron chi connectivity index (χ2n) is 7.02. The van der Waals surface area contributed by atoms with E-state index in [1.165, 1.54) is 40.7 Å². The van der Waals surface area contributed by atoms with Crippen molar-refractivity contribution in [2.24, 2.45) is 0 Å². The molecule has 0 amide bonds. The number of rotatable bonds is 4. The third-order valence-corrected chi connectivity index (χ3v) is 6.93. The van der Waals surface area contributed by atoms with Gasteiger partial charge in [0.05, 0.1) is 4.90 Å². The minimum absolute atomic E-state index is 0.0918. The molecule has 2 aliphatic carbocycles. The highest BCUT2D eigenvalue weighted by Gasteiger charge is 2.26. The van der Waals surface area contributed by atoms with E-state index in [2.05, 4.69) is 31.5 Å². The Hall–Kier alpha value is -2.74. The van der Waals surface area contributed by atoms with E-state index in [0.29, 0.717) is 0 Å². The van der Waals surface area contributed by atoms with E-state index in [1.54, 1.807) is 6.07 Å². The number of nitrogens with one attached hydrogen (secondary N) is 2. The summed E-state index contributed by atoms with van der Waals surface area (Å²) in [7, 11) is -3.77. The second-order valence-corrected chi connectivity index (χ2v) is 8.88. The smallest absolute Gasteiger partial charge is 0.249 e. The van der Waals surface area contributed by atoms with Gasteiger partial charge in [-0.3, -0.25) is 4.98 Å². The van der Waals surface area contributed by atoms with Gasteiger partial charge in [-0.2, -0.15) is 4.98 Å². The maximum absolute atomic E-state index is 12.7. The Morgan fingerprint density at radius 3 is 2.44 bits per heavy atom. The first-order chi connectivity index (χ1) is 13.1. The van der Waals surface area contributed by atoms with Gasteiger partial charge in [-0.25, -0.2) is 13.5 Å². The number of benzene rings is 1. The van der Waals surface area contributed by atoms with Crippen LogP contribution in [0, 0.1) is 0 Å². The first-order valence-corrected chi connectivity index (χ1v) is 10.6. The van der Waals surface area contributed by atoms with Crippen molar-refractivity contribution in [3.8, 4) is 0 Å². The van der Waals surface area contributed by atoms with Crippen LogP contribution < -0.4 is 5.32 Å². The zero-order valence-electron chi connectivity index (χ0n) is 14.7. The normalized spacial score (nSPS) is 15.6. The van der Waals surface area contributed by atoms with Gasteiger partial charge in [-0.1, -0.05) is 6.07 Å². The molecule has 138 valence electrons. The molecule has 2 heterocycles. The summed E-state index contributed by atoms with van der Waals surface area (Å²) >= 11 is 0. The van der Waals surface area contributed by atoms with E-state index in [4.69, 9.17) is 0 Å². The van der Waals surface area contributed by atoms with Crippen LogP contribution in [0.15, 0.2) is 40.6 Å². The van der Waals surface area contributed by atoms with Gasteiger partial charge in [-0.15, -0.1) is 5.10 Å². The molecule has 0 spiro atoms. The first-order valence-electron chi connectivity index (χ1n) is 9.14. The Morgan fingerprint density at radius 2 is 1.78 bits per heavy atom. The SMILES string of the molecule is O=S(=O)(c1cccnc1)c1nc(Nc2c3c(cc4c2CCC4)CCC3)n[nH]1. The summed E-state index contributed by atoms with van der Waals surface area (Å²) in [5, 5.41) is 9.80. The number of aromatic amines is 1. The summed E-state index contributed by atoms with van der Waals surface area (Å²) < 4.78 is 25.3. The van der Waals surface area contributed by atoms with Crippen LogP contribution in [0.5, 0.6) is 0 Å². The lowest BCUT2D eigenvalue weighted by Gasteiger charge is -2.15. The monoisotopic (exact) mass is 381 g/mol. The molecular weight excluding hydrogens is 362 g/mol. The van der Waals surface area contributed by atoms with E-state index < -0.39 is 9.84 Å². The highest BCUT2D eigenvalue weighted by atomic mass is 32.2. The third kappa shape index (κ3) is 2.71. The molecule has 27 heavy (non-hydrogen) atoms. The van der Waals surface area contributed by atoms with E-state index in [0.717, 1.165) is 44.2 Å². The van der Waals surface area contributed by atoms with Gasteiger partial charge in [0.25, 0.3) is 0 Å². The van der Waals surface area contributed by atoms with Crippen LogP contribution in [0.4, 0.5) is 11.6 Å². The molecule has 0 unspecified atom stereocenters. The van der Waals surface area contributed by atoms with Crippen LogP contribution in [0.3, 0.4) is 0 Å². The van der Waals surface area contributed by atoms with Crippen molar-refractivity contribution in [3.05, 3.63) is 52.8 Å². The van der Waals surface area contributed by atoms with Gasteiger partial charge in [0.2, 0.25) is 20.9 Å². The Balaban J connectivity index is 1.51. The number of nitrogens with zero attached hydrogens (tertiary/aromatic N) is 3. The van der Waals surface area contributed by atoms with E-state index in [9.17, 15) is 8.42 Å². The van der Waals surface area contributed by atoms with Crippen molar-refractivity contribution < 1.29 is 8.42 Å². The molecule has 0 aliphatic heterocycles. The van der Waals surface area contributed by atoms with Crippen LogP contribution in [-0.2, 0) is 35.5 Å². The molecule has 0 saturated heterocycles. The predicted octanol–water partition coefficient (Wildman–Crippen LogP) is 2.75. The van der Waals surface area contributed by atoms with Gasteiger partial charge in [-0.05, 0) is 72.9 Å². The fraction of sp³-hybridized carbons (Fsp3) is 0.316. The Morgan fingerprint density at radius 1 is 1.04 bits per heavy atom. The number of pyridine rings is 1. The number of aryl methyl sites for hydroxylation is 2. The van der Waals surface area contributed by atoms with Crippen molar-refractivity contribution in [2.75, 3.05) is 5.32 Å². The summed E-state index contributed by atoms with van der Waals surface area (Å²) in [4.78, 5) is 8.18. The average Bonchev–Trinajstić information content (AvgIpc) is 3.42. The third-order valence-electron chi connectivity index (χ3n) is 5.37. The summed E-state index contributed by atoms with van der Waals surface area (Å²) in [5.74, 6) is 0.284. The highest BCUT2D eigenvalue weighted by molar-refractivity contribution is 7.91. The molecule has 5 rings (SSSR count). The molecule has 0 atom stereocenters. The molecule has 7 nitrogen and oxygen atoms in total. The highest BCUT2D eigenvalue weighted by Crippen LogP contribution is 2.39. The van der Waals surface area contributed by atoms with Crippen LogP contribution in [-0.4, -0.2) is 28.6 Å². The van der Waals surface area contributed by atoms with Gasteiger partial charge in [0, 0.05) is 18.1 Å². The molecular formula is C19H19N5O2S. The number of aromatic nitrogens is 4. The summed E-state index contributed by atoms with van der Waals surface area (Å²) in [6.45, 7) is 0. The molecule has 1 aromatic carbocycles. The second kappa shape index (κ2) is 6.16. The fourth-order valence-electron chi connectivity index (χ4n) is 4.12. The number of hydrogen-bond donors (Lipinski definition) is 2.